The van der Waals surface area contributed by atoms with Crippen molar-refractivity contribution in [3.05, 3.63) is 35.5 Å². The Kier molecular flexibility index (Phi) is 6.34. The van der Waals surface area contributed by atoms with Gasteiger partial charge in [-0.25, -0.2) is 0 Å². The Hall–Kier alpha value is -2.25. The van der Waals surface area contributed by atoms with Crippen molar-refractivity contribution < 1.29 is 14.6 Å². The van der Waals surface area contributed by atoms with Crippen LogP contribution in [0.2, 0.25) is 0 Å². The summed E-state index contributed by atoms with van der Waals surface area (Å²) in [6.07, 6.45) is 0.559. The molecule has 8 N–H and O–H groups in total. The maximum Gasteiger partial charge on any atom is 0.303 e. The second kappa shape index (κ2) is 8.03. The van der Waals surface area contributed by atoms with Crippen molar-refractivity contribution in [3.8, 4) is 5.75 Å². The zero-order valence-electron chi connectivity index (χ0n) is 11.1. The molecule has 0 fully saturated rings. The second-order valence-corrected chi connectivity index (χ2v) is 4.11. The number of benzene rings is 1. The third kappa shape index (κ3) is 4.79. The Balaban J connectivity index is 2.60. The minimum absolute atomic E-state index is 0.0931. The fourth-order valence-electron chi connectivity index (χ4n) is 1.56. The van der Waals surface area contributed by atoms with Gasteiger partial charge < -0.3 is 26.7 Å². The van der Waals surface area contributed by atoms with Crippen LogP contribution in [0.3, 0.4) is 0 Å². The third-order valence-electron chi connectivity index (χ3n) is 2.67. The van der Waals surface area contributed by atoms with Crippen molar-refractivity contribution >= 4 is 11.7 Å². The second-order valence-electron chi connectivity index (χ2n) is 4.11. The first-order valence-corrected chi connectivity index (χ1v) is 6.18. The smallest absolute Gasteiger partial charge is 0.303 e. The molecule has 110 valence electrons. The molecule has 0 unspecified atom stereocenters. The average molecular weight is 280 g/mol. The van der Waals surface area contributed by atoms with Gasteiger partial charge in [0.05, 0.1) is 18.0 Å². The fraction of sp³-hybridized carbons (Fsp3) is 0.308. The van der Waals surface area contributed by atoms with Crippen LogP contribution < -0.4 is 27.5 Å². The van der Waals surface area contributed by atoms with E-state index in [9.17, 15) is 4.79 Å². The lowest BCUT2D eigenvalue weighted by molar-refractivity contribution is -0.137. The van der Waals surface area contributed by atoms with Crippen LogP contribution in [0.25, 0.3) is 5.70 Å². The number of hydrogen-bond donors (Lipinski definition) is 5. The van der Waals surface area contributed by atoms with Crippen LogP contribution >= 0.6 is 0 Å². The molecule has 0 amide bonds. The highest BCUT2D eigenvalue weighted by Crippen LogP contribution is 2.17. The number of hydrogen-bond acceptors (Lipinski definition) is 6. The number of carboxylic acid groups (broad SMARTS) is 1. The number of nitrogens with one attached hydrogen (secondary N) is 1. The van der Waals surface area contributed by atoms with Crippen molar-refractivity contribution in [2.75, 3.05) is 13.2 Å². The summed E-state index contributed by atoms with van der Waals surface area (Å²) in [4.78, 5) is 10.4. The summed E-state index contributed by atoms with van der Waals surface area (Å²) in [6, 6.07) is 7.09. The highest BCUT2D eigenvalue weighted by Gasteiger charge is 2.04. The summed E-state index contributed by atoms with van der Waals surface area (Å²) in [5, 5.41) is 8.51. The first-order chi connectivity index (χ1) is 9.58. The van der Waals surface area contributed by atoms with Gasteiger partial charge in [0.2, 0.25) is 0 Å². The van der Waals surface area contributed by atoms with Crippen LogP contribution in [0.1, 0.15) is 18.4 Å². The van der Waals surface area contributed by atoms with E-state index in [-0.39, 0.29) is 13.0 Å². The van der Waals surface area contributed by atoms with Crippen molar-refractivity contribution in [1.82, 2.24) is 5.43 Å². The van der Waals surface area contributed by atoms with Crippen LogP contribution in [0.15, 0.2) is 30.0 Å². The summed E-state index contributed by atoms with van der Waals surface area (Å²) >= 11 is 0. The lowest BCUT2D eigenvalue weighted by atomic mass is 10.1. The highest BCUT2D eigenvalue weighted by atomic mass is 16.5. The van der Waals surface area contributed by atoms with E-state index in [0.717, 1.165) is 5.56 Å². The highest BCUT2D eigenvalue weighted by molar-refractivity contribution is 5.67. The average Bonchev–Trinajstić information content (AvgIpc) is 2.45. The maximum atomic E-state index is 10.4. The summed E-state index contributed by atoms with van der Waals surface area (Å²) in [5.41, 5.74) is 15.7. The van der Waals surface area contributed by atoms with E-state index in [1.807, 2.05) is 0 Å². The first-order valence-electron chi connectivity index (χ1n) is 6.18. The van der Waals surface area contributed by atoms with E-state index in [2.05, 4.69) is 5.43 Å². The molecule has 1 aromatic rings. The standard InChI is InChI=1S/C13H20N4O3/c14-8-11(17-16)13(15)9-3-5-10(6-4-9)20-7-1-2-12(18)19/h3-6,17H,1-2,7-8,14-16H2,(H,18,19)/b13-11-. The van der Waals surface area contributed by atoms with E-state index >= 15 is 0 Å². The zero-order chi connectivity index (χ0) is 15.0. The molecule has 7 heteroatoms. The molecule has 0 radical (unpaired) electrons. The molecule has 0 saturated heterocycles. The molecule has 0 spiro atoms. The van der Waals surface area contributed by atoms with Gasteiger partial charge in [-0.15, -0.1) is 0 Å². The SMILES string of the molecule is NC/C(NN)=C(/N)c1ccc(OCCCC(=O)O)cc1. The number of aliphatic carboxylic acids is 1. The van der Waals surface area contributed by atoms with Crippen LogP contribution in [0, 0.1) is 0 Å². The van der Waals surface area contributed by atoms with E-state index in [0.29, 0.717) is 30.2 Å². The van der Waals surface area contributed by atoms with E-state index in [1.54, 1.807) is 24.3 Å². The van der Waals surface area contributed by atoms with E-state index in [4.69, 9.17) is 27.2 Å². The minimum Gasteiger partial charge on any atom is -0.494 e. The van der Waals surface area contributed by atoms with Gasteiger partial charge in [-0.3, -0.25) is 10.6 Å². The number of carbonyl (C=O) groups is 1. The summed E-state index contributed by atoms with van der Waals surface area (Å²) in [5.74, 6) is 5.14. The summed E-state index contributed by atoms with van der Waals surface area (Å²) in [6.45, 7) is 0.575. The number of rotatable bonds is 8. The van der Waals surface area contributed by atoms with Crippen LogP contribution in [0.5, 0.6) is 5.75 Å². The number of nitrogens with two attached hydrogens (primary N) is 3. The topological polar surface area (TPSA) is 137 Å². The Morgan fingerprint density at radius 2 is 1.95 bits per heavy atom. The monoisotopic (exact) mass is 280 g/mol. The third-order valence-corrected chi connectivity index (χ3v) is 2.67. The molecule has 20 heavy (non-hydrogen) atoms. The van der Waals surface area contributed by atoms with Crippen molar-refractivity contribution in [2.24, 2.45) is 17.3 Å². The quantitative estimate of drug-likeness (QED) is 0.256. The molecule has 0 aliphatic carbocycles. The molecule has 0 bridgehead atoms. The summed E-state index contributed by atoms with van der Waals surface area (Å²) in [7, 11) is 0. The molecule has 0 atom stereocenters. The van der Waals surface area contributed by atoms with Crippen molar-refractivity contribution in [2.45, 2.75) is 12.8 Å². The first kappa shape index (κ1) is 15.8. The normalized spacial score (nSPS) is 11.7. The van der Waals surface area contributed by atoms with Gasteiger partial charge in [0, 0.05) is 13.0 Å². The molecule has 1 aromatic carbocycles. The molecular weight excluding hydrogens is 260 g/mol. The predicted octanol–water partition coefficient (Wildman–Crippen LogP) is -0.0205. The van der Waals surface area contributed by atoms with Crippen LogP contribution in [-0.2, 0) is 4.79 Å². The Morgan fingerprint density at radius 3 is 2.45 bits per heavy atom. The Bertz CT molecular complexity index is 465. The molecule has 0 heterocycles. The van der Waals surface area contributed by atoms with Gasteiger partial charge in [0.25, 0.3) is 0 Å². The Labute approximate surface area is 117 Å². The largest absolute Gasteiger partial charge is 0.494 e. The molecule has 7 nitrogen and oxygen atoms in total. The van der Waals surface area contributed by atoms with Gasteiger partial charge >= 0.3 is 5.97 Å². The van der Waals surface area contributed by atoms with Gasteiger partial charge in [-0.1, -0.05) is 0 Å². The summed E-state index contributed by atoms with van der Waals surface area (Å²) < 4.78 is 5.42. The van der Waals surface area contributed by atoms with E-state index in [1.165, 1.54) is 0 Å². The zero-order valence-corrected chi connectivity index (χ0v) is 11.1. The van der Waals surface area contributed by atoms with E-state index < -0.39 is 5.97 Å². The van der Waals surface area contributed by atoms with Gasteiger partial charge in [0.1, 0.15) is 5.75 Å². The minimum atomic E-state index is -0.828. The lowest BCUT2D eigenvalue weighted by Crippen LogP contribution is -2.29. The van der Waals surface area contributed by atoms with Gasteiger partial charge in [-0.2, -0.15) is 0 Å². The number of carboxylic acids is 1. The molecule has 0 aliphatic heterocycles. The predicted molar refractivity (Wildman–Crippen MR) is 76.3 cm³/mol. The molecular formula is C13H20N4O3. The van der Waals surface area contributed by atoms with Crippen molar-refractivity contribution in [1.29, 1.82) is 0 Å². The lowest BCUT2D eigenvalue weighted by Gasteiger charge is -2.10. The van der Waals surface area contributed by atoms with Gasteiger partial charge in [0.15, 0.2) is 0 Å². The van der Waals surface area contributed by atoms with Crippen LogP contribution in [-0.4, -0.2) is 24.2 Å². The maximum absolute atomic E-state index is 10.4. The molecule has 1 rings (SSSR count). The van der Waals surface area contributed by atoms with Crippen LogP contribution in [0.4, 0.5) is 0 Å². The molecule has 0 aromatic heterocycles. The Morgan fingerprint density at radius 1 is 1.30 bits per heavy atom. The fourth-order valence-corrected chi connectivity index (χ4v) is 1.56. The molecule has 0 aliphatic rings. The number of ether oxygens (including phenoxy) is 1. The van der Waals surface area contributed by atoms with Crippen molar-refractivity contribution in [3.63, 3.8) is 0 Å². The molecule has 0 saturated carbocycles. The number of hydrazine groups is 1. The van der Waals surface area contributed by atoms with Gasteiger partial charge in [-0.05, 0) is 36.2 Å².